The van der Waals surface area contributed by atoms with Crippen molar-refractivity contribution >= 4 is 5.78 Å². The maximum atomic E-state index is 12.0. The van der Waals surface area contributed by atoms with Gasteiger partial charge in [0, 0.05) is 11.8 Å². The van der Waals surface area contributed by atoms with Gasteiger partial charge in [0.25, 0.3) is 0 Å². The topological polar surface area (TPSA) is 17.1 Å². The molecule has 0 spiro atoms. The van der Waals surface area contributed by atoms with Crippen LogP contribution >= 0.6 is 0 Å². The third kappa shape index (κ3) is 3.49. The van der Waals surface area contributed by atoms with Gasteiger partial charge in [0.05, 0.1) is 0 Å². The minimum atomic E-state index is 0.120. The number of carbonyl (C=O) groups is 1. The van der Waals surface area contributed by atoms with E-state index in [4.69, 9.17) is 0 Å². The summed E-state index contributed by atoms with van der Waals surface area (Å²) in [5.74, 6) is 4.45. The van der Waals surface area contributed by atoms with Crippen molar-refractivity contribution in [3.05, 3.63) is 34.9 Å². The first-order valence-corrected chi connectivity index (χ1v) is 12.9. The van der Waals surface area contributed by atoms with Gasteiger partial charge >= 0.3 is 0 Å². The predicted molar refractivity (Wildman–Crippen MR) is 127 cm³/mol. The summed E-state index contributed by atoms with van der Waals surface area (Å²) in [5.41, 5.74) is 5.22. The van der Waals surface area contributed by atoms with Gasteiger partial charge in [-0.1, -0.05) is 72.1 Å². The zero-order valence-electron chi connectivity index (χ0n) is 20.4. The Kier molecular flexibility index (Phi) is 5.97. The highest BCUT2D eigenvalue weighted by Gasteiger charge is 2.54. The van der Waals surface area contributed by atoms with Crippen LogP contribution in [0.2, 0.25) is 0 Å². The second-order valence-corrected chi connectivity index (χ2v) is 11.9. The van der Waals surface area contributed by atoms with Crippen LogP contribution in [0.5, 0.6) is 0 Å². The van der Waals surface area contributed by atoms with E-state index >= 15 is 0 Å². The van der Waals surface area contributed by atoms with Crippen LogP contribution in [0.25, 0.3) is 0 Å². The molecule has 30 heavy (non-hydrogen) atoms. The third-order valence-electron chi connectivity index (χ3n) is 10.1. The molecule has 0 amide bonds. The monoisotopic (exact) mass is 408 g/mol. The van der Waals surface area contributed by atoms with Crippen LogP contribution in [0.1, 0.15) is 99.3 Å². The molecular formula is C29H44O. The fraction of sp³-hybridized carbons (Fsp3) is 0.759. The van der Waals surface area contributed by atoms with Gasteiger partial charge in [-0.2, -0.15) is 0 Å². The minimum absolute atomic E-state index is 0.120. The van der Waals surface area contributed by atoms with E-state index in [-0.39, 0.29) is 5.41 Å². The molecule has 4 rings (SSSR count). The number of rotatable bonds is 6. The summed E-state index contributed by atoms with van der Waals surface area (Å²) in [6.45, 7) is 14.8. The lowest BCUT2D eigenvalue weighted by molar-refractivity contribution is -0.115. The largest absolute Gasteiger partial charge is 0.295 e. The molecule has 1 saturated carbocycles. The van der Waals surface area contributed by atoms with Crippen molar-refractivity contribution in [1.29, 1.82) is 0 Å². The van der Waals surface area contributed by atoms with E-state index < -0.39 is 0 Å². The maximum absolute atomic E-state index is 12.0. The van der Waals surface area contributed by atoms with E-state index in [2.05, 4.69) is 53.7 Å². The van der Waals surface area contributed by atoms with Crippen molar-refractivity contribution in [2.45, 2.75) is 99.3 Å². The Hall–Kier alpha value is -1.11. The highest BCUT2D eigenvalue weighted by molar-refractivity contribution is 5.92. The van der Waals surface area contributed by atoms with Crippen LogP contribution in [0.4, 0.5) is 0 Å². The average Bonchev–Trinajstić information content (AvgIpc) is 3.06. The number of carbonyl (C=O) groups excluding carboxylic acids is 1. The van der Waals surface area contributed by atoms with Gasteiger partial charge in [-0.25, -0.2) is 0 Å². The number of hydrogen-bond donors (Lipinski definition) is 0. The summed E-state index contributed by atoms with van der Waals surface area (Å²) in [7, 11) is 0. The van der Waals surface area contributed by atoms with Crippen molar-refractivity contribution in [3.63, 3.8) is 0 Å². The molecule has 1 heteroatoms. The molecule has 4 aliphatic carbocycles. The zero-order chi connectivity index (χ0) is 21.7. The van der Waals surface area contributed by atoms with Gasteiger partial charge in [0.2, 0.25) is 0 Å². The van der Waals surface area contributed by atoms with E-state index in [0.29, 0.717) is 11.2 Å². The van der Waals surface area contributed by atoms with Crippen molar-refractivity contribution in [3.8, 4) is 0 Å². The lowest BCUT2D eigenvalue weighted by Gasteiger charge is -2.50. The second kappa shape index (κ2) is 8.10. The molecule has 6 atom stereocenters. The highest BCUT2D eigenvalue weighted by atomic mass is 16.1. The molecule has 0 aliphatic heterocycles. The van der Waals surface area contributed by atoms with Gasteiger partial charge < -0.3 is 0 Å². The number of allylic oxidation sites excluding steroid dienone is 6. The molecule has 0 N–H and O–H groups in total. The summed E-state index contributed by atoms with van der Waals surface area (Å²) < 4.78 is 0. The summed E-state index contributed by atoms with van der Waals surface area (Å²) in [4.78, 5) is 12.0. The van der Waals surface area contributed by atoms with Crippen LogP contribution in [-0.2, 0) is 4.79 Å². The third-order valence-corrected chi connectivity index (χ3v) is 10.1. The molecule has 1 nitrogen and oxygen atoms in total. The Morgan fingerprint density at radius 2 is 1.80 bits per heavy atom. The Bertz CT molecular complexity index is 780. The van der Waals surface area contributed by atoms with Gasteiger partial charge in [-0.05, 0) is 90.8 Å². The first-order valence-electron chi connectivity index (χ1n) is 12.9. The van der Waals surface area contributed by atoms with Crippen molar-refractivity contribution in [2.24, 2.45) is 40.4 Å². The van der Waals surface area contributed by atoms with Gasteiger partial charge in [-0.3, -0.25) is 4.79 Å². The van der Waals surface area contributed by atoms with Crippen LogP contribution < -0.4 is 0 Å². The normalized spacial score (nSPS) is 37.6. The quantitative estimate of drug-likeness (QED) is 0.434. The summed E-state index contributed by atoms with van der Waals surface area (Å²) in [5, 5.41) is 0. The first kappa shape index (κ1) is 22.1. The van der Waals surface area contributed by atoms with Crippen molar-refractivity contribution in [1.82, 2.24) is 0 Å². The lowest BCUT2D eigenvalue weighted by Crippen LogP contribution is -2.40. The summed E-state index contributed by atoms with van der Waals surface area (Å²) in [6, 6.07) is 0. The fourth-order valence-electron chi connectivity index (χ4n) is 7.98. The Morgan fingerprint density at radius 3 is 2.50 bits per heavy atom. The van der Waals surface area contributed by atoms with Crippen LogP contribution in [0, 0.1) is 40.4 Å². The average molecular weight is 409 g/mol. The maximum Gasteiger partial charge on any atom is 0.156 e. The summed E-state index contributed by atoms with van der Waals surface area (Å²) in [6.07, 6.45) is 17.9. The van der Waals surface area contributed by atoms with E-state index in [0.717, 1.165) is 42.4 Å². The van der Waals surface area contributed by atoms with Crippen molar-refractivity contribution < 1.29 is 4.79 Å². The Labute approximate surface area is 185 Å². The Morgan fingerprint density at radius 1 is 1.03 bits per heavy atom. The molecule has 1 fully saturated rings. The molecule has 0 aromatic carbocycles. The number of hydrogen-bond acceptors (Lipinski definition) is 1. The van der Waals surface area contributed by atoms with E-state index in [1.165, 1.54) is 50.5 Å². The van der Waals surface area contributed by atoms with Gasteiger partial charge in [0.1, 0.15) is 0 Å². The minimum Gasteiger partial charge on any atom is -0.295 e. The second-order valence-electron chi connectivity index (χ2n) is 11.9. The lowest BCUT2D eigenvalue weighted by atomic mass is 9.54. The molecule has 0 bridgehead atoms. The fourth-order valence-corrected chi connectivity index (χ4v) is 7.98. The molecule has 0 saturated heterocycles. The predicted octanol–water partition coefficient (Wildman–Crippen LogP) is 8.07. The van der Waals surface area contributed by atoms with Gasteiger partial charge in [-0.15, -0.1) is 0 Å². The Balaban J connectivity index is 1.54. The van der Waals surface area contributed by atoms with Crippen molar-refractivity contribution in [2.75, 3.05) is 0 Å². The number of fused-ring (bicyclic) bond motifs is 4. The van der Waals surface area contributed by atoms with E-state index in [9.17, 15) is 4.79 Å². The van der Waals surface area contributed by atoms with Crippen LogP contribution in [0.3, 0.4) is 0 Å². The van der Waals surface area contributed by atoms with E-state index in [1.54, 1.807) is 11.1 Å². The van der Waals surface area contributed by atoms with Crippen LogP contribution in [0.15, 0.2) is 34.9 Å². The molecule has 0 radical (unpaired) electrons. The molecular weight excluding hydrogens is 364 g/mol. The van der Waals surface area contributed by atoms with Gasteiger partial charge in [0.15, 0.2) is 5.78 Å². The first-order chi connectivity index (χ1) is 14.2. The molecule has 4 aliphatic rings. The SMILES string of the molecule is CC[C@H](CC[C@@H](C)[C@H]1CC[C@H]2C3=C(CC[C@]12C)[C@@]1(C)CCC(=O)C=C1C=C3)C(C)C. The smallest absolute Gasteiger partial charge is 0.156 e. The molecule has 0 aromatic heterocycles. The molecule has 0 aromatic rings. The molecule has 166 valence electrons. The summed E-state index contributed by atoms with van der Waals surface area (Å²) >= 11 is 0. The molecule has 0 unspecified atom stereocenters. The zero-order valence-corrected chi connectivity index (χ0v) is 20.4. The standard InChI is InChI=1S/C29H44O/c1-7-21(19(2)3)9-8-20(4)25-12-13-26-24-11-10-22-18-23(30)14-16-28(22,5)27(24)15-17-29(25,26)6/h10-11,18-21,25-26H,7-9,12-17H2,1-6H3/t20-,21-,25-,26+,28+,29-/m1/s1. The molecule has 0 heterocycles. The highest BCUT2D eigenvalue weighted by Crippen LogP contribution is 2.64. The van der Waals surface area contributed by atoms with Crippen LogP contribution in [-0.4, -0.2) is 5.78 Å². The number of ketones is 1. The van der Waals surface area contributed by atoms with E-state index in [1.807, 2.05) is 6.08 Å².